The first-order chi connectivity index (χ1) is 7.79. The standard InChI is InChI=1S/C11H15N3O2/c1-15-4-5-16-7-11-13-9-3-2-8(12)6-10(9)14-11/h2-3,6H,4-5,7,12H2,1H3,(H,13,14). The number of nitrogens with one attached hydrogen (secondary N) is 1. The molecule has 2 aromatic rings. The average Bonchev–Trinajstić information content (AvgIpc) is 2.66. The Labute approximate surface area is 93.6 Å². The summed E-state index contributed by atoms with van der Waals surface area (Å²) in [4.78, 5) is 7.53. The Morgan fingerprint density at radius 1 is 1.38 bits per heavy atom. The number of imidazole rings is 1. The molecule has 2 rings (SSSR count). The number of rotatable bonds is 5. The zero-order valence-electron chi connectivity index (χ0n) is 9.19. The lowest BCUT2D eigenvalue weighted by Crippen LogP contribution is -2.02. The molecule has 0 bridgehead atoms. The fraction of sp³-hybridized carbons (Fsp3) is 0.364. The molecule has 0 saturated carbocycles. The molecule has 86 valence electrons. The van der Waals surface area contributed by atoms with Gasteiger partial charge in [-0.2, -0.15) is 0 Å². The largest absolute Gasteiger partial charge is 0.399 e. The summed E-state index contributed by atoms with van der Waals surface area (Å²) >= 11 is 0. The van der Waals surface area contributed by atoms with Crippen molar-refractivity contribution in [1.29, 1.82) is 0 Å². The fourth-order valence-corrected chi connectivity index (χ4v) is 1.46. The van der Waals surface area contributed by atoms with E-state index in [2.05, 4.69) is 9.97 Å². The van der Waals surface area contributed by atoms with Crippen molar-refractivity contribution in [3.8, 4) is 0 Å². The van der Waals surface area contributed by atoms with Crippen LogP contribution >= 0.6 is 0 Å². The number of nitrogens with two attached hydrogens (primary N) is 1. The SMILES string of the molecule is COCCOCc1nc2ccc(N)cc2[nH]1. The molecule has 0 aliphatic rings. The fourth-order valence-electron chi connectivity index (χ4n) is 1.46. The van der Waals surface area contributed by atoms with Crippen molar-refractivity contribution in [1.82, 2.24) is 9.97 Å². The van der Waals surface area contributed by atoms with E-state index in [0.29, 0.717) is 19.8 Å². The number of ether oxygens (including phenoxy) is 2. The Morgan fingerprint density at radius 2 is 2.25 bits per heavy atom. The number of nitrogens with zero attached hydrogens (tertiary/aromatic N) is 1. The first kappa shape index (κ1) is 10.9. The van der Waals surface area contributed by atoms with Gasteiger partial charge in [0.05, 0.1) is 24.2 Å². The summed E-state index contributed by atoms with van der Waals surface area (Å²) in [6.07, 6.45) is 0. The highest BCUT2D eigenvalue weighted by molar-refractivity contribution is 5.78. The minimum Gasteiger partial charge on any atom is -0.399 e. The van der Waals surface area contributed by atoms with Crippen LogP contribution in [-0.2, 0) is 16.1 Å². The van der Waals surface area contributed by atoms with Crippen LogP contribution in [-0.4, -0.2) is 30.3 Å². The molecule has 0 aliphatic heterocycles. The van der Waals surface area contributed by atoms with Gasteiger partial charge in [-0.1, -0.05) is 0 Å². The van der Waals surface area contributed by atoms with Gasteiger partial charge in [0.25, 0.3) is 0 Å². The minimum absolute atomic E-state index is 0.456. The second-order valence-electron chi connectivity index (χ2n) is 3.51. The Morgan fingerprint density at radius 3 is 3.06 bits per heavy atom. The number of hydrogen-bond acceptors (Lipinski definition) is 4. The second-order valence-corrected chi connectivity index (χ2v) is 3.51. The topological polar surface area (TPSA) is 73.2 Å². The van der Waals surface area contributed by atoms with Crippen LogP contribution in [0, 0.1) is 0 Å². The Bertz CT molecular complexity index is 467. The summed E-state index contributed by atoms with van der Waals surface area (Å²) in [6, 6.07) is 5.58. The van der Waals surface area contributed by atoms with Crippen molar-refractivity contribution in [2.45, 2.75) is 6.61 Å². The van der Waals surface area contributed by atoms with Gasteiger partial charge in [0.15, 0.2) is 0 Å². The molecule has 1 aromatic heterocycles. The predicted molar refractivity (Wildman–Crippen MR) is 62.0 cm³/mol. The summed E-state index contributed by atoms with van der Waals surface area (Å²) in [6.45, 7) is 1.61. The van der Waals surface area contributed by atoms with Crippen LogP contribution in [0.15, 0.2) is 18.2 Å². The van der Waals surface area contributed by atoms with Gasteiger partial charge in [-0.3, -0.25) is 0 Å². The van der Waals surface area contributed by atoms with E-state index in [9.17, 15) is 0 Å². The third-order valence-electron chi connectivity index (χ3n) is 2.23. The molecule has 1 heterocycles. The third-order valence-corrected chi connectivity index (χ3v) is 2.23. The molecule has 1 aromatic carbocycles. The van der Waals surface area contributed by atoms with Gasteiger partial charge in [-0.25, -0.2) is 4.98 Å². The van der Waals surface area contributed by atoms with E-state index in [1.165, 1.54) is 0 Å². The number of fused-ring (bicyclic) bond motifs is 1. The van der Waals surface area contributed by atoms with Gasteiger partial charge in [-0.05, 0) is 18.2 Å². The lowest BCUT2D eigenvalue weighted by molar-refractivity contribution is 0.0590. The maximum Gasteiger partial charge on any atom is 0.133 e. The number of H-pyrrole nitrogens is 1. The van der Waals surface area contributed by atoms with Gasteiger partial charge < -0.3 is 20.2 Å². The molecule has 0 saturated heterocycles. The maximum atomic E-state index is 5.68. The lowest BCUT2D eigenvalue weighted by Gasteiger charge is -1.99. The van der Waals surface area contributed by atoms with Gasteiger partial charge in [0.2, 0.25) is 0 Å². The highest BCUT2D eigenvalue weighted by Crippen LogP contribution is 2.15. The van der Waals surface area contributed by atoms with E-state index in [4.69, 9.17) is 15.2 Å². The summed E-state index contributed by atoms with van der Waals surface area (Å²) in [5.74, 6) is 0.803. The van der Waals surface area contributed by atoms with Crippen molar-refractivity contribution in [2.24, 2.45) is 0 Å². The number of anilines is 1. The highest BCUT2D eigenvalue weighted by atomic mass is 16.5. The quantitative estimate of drug-likeness (QED) is 0.589. The monoisotopic (exact) mass is 221 g/mol. The Balaban J connectivity index is 2.02. The molecule has 0 amide bonds. The van der Waals surface area contributed by atoms with Crippen LogP contribution in [0.25, 0.3) is 11.0 Å². The predicted octanol–water partition coefficient (Wildman–Crippen LogP) is 1.31. The van der Waals surface area contributed by atoms with E-state index < -0.39 is 0 Å². The Kier molecular flexibility index (Phi) is 3.38. The molecule has 0 atom stereocenters. The first-order valence-electron chi connectivity index (χ1n) is 5.10. The molecular weight excluding hydrogens is 206 g/mol. The number of hydrogen-bond donors (Lipinski definition) is 2. The molecule has 5 heteroatoms. The van der Waals surface area contributed by atoms with Crippen LogP contribution in [0.1, 0.15) is 5.82 Å². The highest BCUT2D eigenvalue weighted by Gasteiger charge is 2.02. The normalized spacial score (nSPS) is 11.1. The summed E-state index contributed by atoms with van der Waals surface area (Å²) < 4.78 is 10.3. The van der Waals surface area contributed by atoms with E-state index in [0.717, 1.165) is 22.5 Å². The number of methoxy groups -OCH3 is 1. The molecule has 5 nitrogen and oxygen atoms in total. The van der Waals surface area contributed by atoms with Crippen LogP contribution < -0.4 is 5.73 Å². The van der Waals surface area contributed by atoms with Gasteiger partial charge in [0.1, 0.15) is 12.4 Å². The van der Waals surface area contributed by atoms with Crippen molar-refractivity contribution in [3.63, 3.8) is 0 Å². The van der Waals surface area contributed by atoms with Crippen LogP contribution in [0.4, 0.5) is 5.69 Å². The first-order valence-corrected chi connectivity index (χ1v) is 5.10. The van der Waals surface area contributed by atoms with E-state index in [-0.39, 0.29) is 0 Å². The number of nitrogen functional groups attached to an aromatic ring is 1. The second kappa shape index (κ2) is 4.96. The summed E-state index contributed by atoms with van der Waals surface area (Å²) in [5, 5.41) is 0. The zero-order valence-corrected chi connectivity index (χ0v) is 9.19. The van der Waals surface area contributed by atoms with Crippen molar-refractivity contribution in [2.75, 3.05) is 26.1 Å². The third kappa shape index (κ3) is 2.50. The molecule has 0 fully saturated rings. The molecule has 0 aliphatic carbocycles. The Hall–Kier alpha value is -1.59. The molecule has 3 N–H and O–H groups in total. The lowest BCUT2D eigenvalue weighted by atomic mass is 10.3. The van der Waals surface area contributed by atoms with Gasteiger partial charge >= 0.3 is 0 Å². The van der Waals surface area contributed by atoms with Crippen LogP contribution in [0.2, 0.25) is 0 Å². The zero-order chi connectivity index (χ0) is 11.4. The van der Waals surface area contributed by atoms with E-state index in [1.54, 1.807) is 7.11 Å². The number of aromatic amines is 1. The molecule has 0 unspecified atom stereocenters. The molecular formula is C11H15N3O2. The van der Waals surface area contributed by atoms with Crippen LogP contribution in [0.5, 0.6) is 0 Å². The minimum atomic E-state index is 0.456. The molecule has 16 heavy (non-hydrogen) atoms. The number of benzene rings is 1. The molecule has 0 spiro atoms. The van der Waals surface area contributed by atoms with Gasteiger partial charge in [-0.15, -0.1) is 0 Å². The molecule has 0 radical (unpaired) electrons. The maximum absolute atomic E-state index is 5.68. The van der Waals surface area contributed by atoms with Crippen molar-refractivity contribution < 1.29 is 9.47 Å². The van der Waals surface area contributed by atoms with Crippen molar-refractivity contribution >= 4 is 16.7 Å². The smallest absolute Gasteiger partial charge is 0.133 e. The van der Waals surface area contributed by atoms with Gasteiger partial charge in [0, 0.05) is 12.8 Å². The average molecular weight is 221 g/mol. The van der Waals surface area contributed by atoms with E-state index in [1.807, 2.05) is 18.2 Å². The summed E-state index contributed by atoms with van der Waals surface area (Å²) in [7, 11) is 1.65. The van der Waals surface area contributed by atoms with Crippen LogP contribution in [0.3, 0.4) is 0 Å². The van der Waals surface area contributed by atoms with Crippen molar-refractivity contribution in [3.05, 3.63) is 24.0 Å². The summed E-state index contributed by atoms with van der Waals surface area (Å²) in [5.41, 5.74) is 8.24. The number of aromatic nitrogens is 2. The van der Waals surface area contributed by atoms with E-state index >= 15 is 0 Å².